The number of nitrogens with one attached hydrogen (secondary N) is 1. The molecular weight excluding hydrogens is 482 g/mol. The zero-order valence-electron chi connectivity index (χ0n) is 20.9. The Balaban J connectivity index is 1.59. The molecule has 2 aromatic carbocycles. The van der Waals surface area contributed by atoms with Crippen molar-refractivity contribution < 1.29 is 14.3 Å². The van der Waals surface area contributed by atoms with Gasteiger partial charge in [-0.25, -0.2) is 0 Å². The van der Waals surface area contributed by atoms with Gasteiger partial charge in [0, 0.05) is 16.3 Å². The van der Waals surface area contributed by atoms with E-state index in [1.54, 1.807) is 18.2 Å². The van der Waals surface area contributed by atoms with Gasteiger partial charge in [-0.2, -0.15) is 0 Å². The van der Waals surface area contributed by atoms with Crippen molar-refractivity contribution in [2.45, 2.75) is 50.6 Å². The summed E-state index contributed by atoms with van der Waals surface area (Å²) in [6.45, 7) is 0. The predicted octanol–water partition coefficient (Wildman–Crippen LogP) is 6.07. The third kappa shape index (κ3) is 5.83. The van der Waals surface area contributed by atoms with Crippen LogP contribution in [0.2, 0.25) is 0 Å². The summed E-state index contributed by atoms with van der Waals surface area (Å²) < 4.78 is 5.35. The van der Waals surface area contributed by atoms with Crippen molar-refractivity contribution in [3.8, 4) is 5.75 Å². The largest absolute Gasteiger partial charge is 0.497 e. The molecule has 1 atom stereocenters. The molecule has 0 radical (unpaired) electrons. The Labute approximate surface area is 221 Å². The minimum atomic E-state index is -0.844. The Morgan fingerprint density at radius 3 is 2.57 bits per heavy atom. The summed E-state index contributed by atoms with van der Waals surface area (Å²) in [5, 5.41) is 6.14. The lowest BCUT2D eigenvalue weighted by atomic mass is 9.94. The molecule has 4 aromatic rings. The van der Waals surface area contributed by atoms with Gasteiger partial charge in [-0.1, -0.05) is 55.7 Å². The van der Waals surface area contributed by atoms with Gasteiger partial charge < -0.3 is 10.1 Å². The first-order chi connectivity index (χ1) is 18.1. The molecule has 5 rings (SSSR count). The number of nitrogens with zero attached hydrogens (tertiary/aromatic N) is 2. The molecule has 190 valence electrons. The third-order valence-electron chi connectivity index (χ3n) is 6.92. The molecule has 0 bridgehead atoms. The molecule has 1 aliphatic rings. The Bertz CT molecular complexity index is 1350. The SMILES string of the molecule is COc1ccc([C@@H](C(=O)NC2CCCCC2)N(C(=O)Cc2cccs2)c2cnc3ccccc3c2)cc1. The highest BCUT2D eigenvalue weighted by molar-refractivity contribution is 7.10. The fourth-order valence-corrected chi connectivity index (χ4v) is 5.70. The van der Waals surface area contributed by atoms with Crippen molar-refractivity contribution in [3.05, 3.63) is 88.7 Å². The van der Waals surface area contributed by atoms with Gasteiger partial charge >= 0.3 is 0 Å². The number of carbonyl (C=O) groups excluding carboxylic acids is 2. The highest BCUT2D eigenvalue weighted by Crippen LogP contribution is 2.32. The normalized spacial score (nSPS) is 14.7. The van der Waals surface area contributed by atoms with Crippen LogP contribution in [0.4, 0.5) is 5.69 Å². The fraction of sp³-hybridized carbons (Fsp3) is 0.300. The molecule has 7 heteroatoms. The van der Waals surface area contributed by atoms with Crippen LogP contribution in [-0.4, -0.2) is 29.9 Å². The number of rotatable bonds is 8. The summed E-state index contributed by atoms with van der Waals surface area (Å²) in [4.78, 5) is 35.2. The predicted molar refractivity (Wildman–Crippen MR) is 148 cm³/mol. The van der Waals surface area contributed by atoms with Gasteiger partial charge in [-0.15, -0.1) is 11.3 Å². The molecule has 1 fully saturated rings. The Morgan fingerprint density at radius 1 is 1.05 bits per heavy atom. The van der Waals surface area contributed by atoms with Crippen molar-refractivity contribution in [2.24, 2.45) is 0 Å². The lowest BCUT2D eigenvalue weighted by Gasteiger charge is -2.33. The third-order valence-corrected chi connectivity index (χ3v) is 7.79. The molecule has 0 spiro atoms. The number of para-hydroxylation sites is 1. The van der Waals surface area contributed by atoms with E-state index < -0.39 is 6.04 Å². The topological polar surface area (TPSA) is 71.5 Å². The maximum atomic E-state index is 14.0. The van der Waals surface area contributed by atoms with Crippen molar-refractivity contribution in [1.29, 1.82) is 0 Å². The molecular formula is C30H31N3O3S. The van der Waals surface area contributed by atoms with E-state index in [0.29, 0.717) is 11.4 Å². The number of hydrogen-bond acceptors (Lipinski definition) is 5. The molecule has 1 saturated carbocycles. The molecule has 0 unspecified atom stereocenters. The average molecular weight is 514 g/mol. The second-order valence-corrected chi connectivity index (χ2v) is 10.5. The number of amides is 2. The van der Waals surface area contributed by atoms with E-state index in [2.05, 4.69) is 10.3 Å². The standard InChI is InChI=1S/C30H31N3O3S/c1-36-25-15-13-21(14-16-25)29(30(35)32-23-9-3-2-4-10-23)33(28(34)19-26-11-7-17-37-26)24-18-22-8-5-6-12-27(22)31-20-24/h5-8,11-18,20,23,29H,2-4,9-10,19H2,1H3,(H,32,35)/t29-/m0/s1. The monoisotopic (exact) mass is 513 g/mol. The Morgan fingerprint density at radius 2 is 1.84 bits per heavy atom. The molecule has 0 saturated heterocycles. The van der Waals surface area contributed by atoms with Crippen LogP contribution in [0.1, 0.15) is 48.6 Å². The summed E-state index contributed by atoms with van der Waals surface area (Å²) in [6.07, 6.45) is 7.22. The highest BCUT2D eigenvalue weighted by Gasteiger charge is 2.34. The number of aromatic nitrogens is 1. The first-order valence-corrected chi connectivity index (χ1v) is 13.6. The van der Waals surface area contributed by atoms with Crippen LogP contribution >= 0.6 is 11.3 Å². The van der Waals surface area contributed by atoms with Crippen LogP contribution in [0.25, 0.3) is 10.9 Å². The van der Waals surface area contributed by atoms with E-state index in [4.69, 9.17) is 4.74 Å². The number of carbonyl (C=O) groups is 2. The van der Waals surface area contributed by atoms with Gasteiger partial charge in [0.1, 0.15) is 11.8 Å². The Hall–Kier alpha value is -3.71. The van der Waals surface area contributed by atoms with Crippen molar-refractivity contribution in [2.75, 3.05) is 12.0 Å². The maximum absolute atomic E-state index is 14.0. The number of anilines is 1. The fourth-order valence-electron chi connectivity index (χ4n) is 5.01. The zero-order valence-corrected chi connectivity index (χ0v) is 21.7. The highest BCUT2D eigenvalue weighted by atomic mass is 32.1. The van der Waals surface area contributed by atoms with E-state index in [-0.39, 0.29) is 24.3 Å². The molecule has 2 amide bonds. The molecule has 2 heterocycles. The number of fused-ring (bicyclic) bond motifs is 1. The molecule has 37 heavy (non-hydrogen) atoms. The minimum Gasteiger partial charge on any atom is -0.497 e. The summed E-state index contributed by atoms with van der Waals surface area (Å²) >= 11 is 1.54. The minimum absolute atomic E-state index is 0.117. The van der Waals surface area contributed by atoms with Gasteiger partial charge in [0.05, 0.1) is 30.9 Å². The van der Waals surface area contributed by atoms with Gasteiger partial charge in [0.25, 0.3) is 0 Å². The second kappa shape index (κ2) is 11.6. The van der Waals surface area contributed by atoms with Crippen molar-refractivity contribution in [3.63, 3.8) is 0 Å². The van der Waals surface area contributed by atoms with E-state index in [1.807, 2.05) is 72.1 Å². The zero-order chi connectivity index (χ0) is 25.6. The first kappa shape index (κ1) is 25.0. The van der Waals surface area contributed by atoms with Crippen molar-refractivity contribution >= 4 is 39.7 Å². The van der Waals surface area contributed by atoms with Crippen LogP contribution in [-0.2, 0) is 16.0 Å². The van der Waals surface area contributed by atoms with Crippen LogP contribution in [0.3, 0.4) is 0 Å². The van der Waals surface area contributed by atoms with E-state index in [9.17, 15) is 9.59 Å². The quantitative estimate of drug-likeness (QED) is 0.310. The maximum Gasteiger partial charge on any atom is 0.248 e. The first-order valence-electron chi connectivity index (χ1n) is 12.8. The number of methoxy groups -OCH3 is 1. The van der Waals surface area contributed by atoms with Crippen LogP contribution in [0.15, 0.2) is 78.3 Å². The summed E-state index contributed by atoms with van der Waals surface area (Å²) in [5.74, 6) is 0.364. The van der Waals surface area contributed by atoms with Gasteiger partial charge in [-0.05, 0) is 54.1 Å². The van der Waals surface area contributed by atoms with Crippen molar-refractivity contribution in [1.82, 2.24) is 10.3 Å². The molecule has 0 aliphatic heterocycles. The lowest BCUT2D eigenvalue weighted by Crippen LogP contribution is -2.47. The van der Waals surface area contributed by atoms with Gasteiger partial charge in [-0.3, -0.25) is 19.5 Å². The number of ether oxygens (including phenoxy) is 1. The second-order valence-electron chi connectivity index (χ2n) is 9.43. The molecule has 1 aliphatic carbocycles. The molecule has 2 aromatic heterocycles. The van der Waals surface area contributed by atoms with Gasteiger partial charge in [0.15, 0.2) is 0 Å². The smallest absolute Gasteiger partial charge is 0.248 e. The summed E-state index contributed by atoms with van der Waals surface area (Å²) in [6, 6.07) is 20.3. The number of benzene rings is 2. The van der Waals surface area contributed by atoms with E-state index >= 15 is 0 Å². The van der Waals surface area contributed by atoms with Crippen LogP contribution in [0, 0.1) is 0 Å². The Kier molecular flexibility index (Phi) is 7.80. The lowest BCUT2D eigenvalue weighted by molar-refractivity contribution is -0.127. The van der Waals surface area contributed by atoms with Crippen LogP contribution in [0.5, 0.6) is 5.75 Å². The van der Waals surface area contributed by atoms with E-state index in [0.717, 1.165) is 47.0 Å². The molecule has 1 N–H and O–H groups in total. The number of thiophene rings is 1. The average Bonchev–Trinajstić information content (AvgIpc) is 3.45. The van der Waals surface area contributed by atoms with Crippen LogP contribution < -0.4 is 15.0 Å². The number of hydrogen-bond donors (Lipinski definition) is 1. The summed E-state index contributed by atoms with van der Waals surface area (Å²) in [5.41, 5.74) is 2.16. The molecule has 6 nitrogen and oxygen atoms in total. The summed E-state index contributed by atoms with van der Waals surface area (Å²) in [7, 11) is 1.61. The number of pyridine rings is 1. The van der Waals surface area contributed by atoms with E-state index in [1.165, 1.54) is 17.8 Å². The van der Waals surface area contributed by atoms with Gasteiger partial charge in [0.2, 0.25) is 11.8 Å².